The Bertz CT molecular complexity index is 1010. The molecule has 6 heteroatoms. The number of amides is 1. The molecule has 1 aliphatic carbocycles. The van der Waals surface area contributed by atoms with Crippen LogP contribution >= 0.6 is 11.6 Å². The van der Waals surface area contributed by atoms with Crippen LogP contribution in [-0.4, -0.2) is 46.7 Å². The summed E-state index contributed by atoms with van der Waals surface area (Å²) in [6.07, 6.45) is 9.61. The van der Waals surface area contributed by atoms with E-state index in [0.29, 0.717) is 17.4 Å². The summed E-state index contributed by atoms with van der Waals surface area (Å²) in [6.45, 7) is 1.68. The Labute approximate surface area is 181 Å². The first-order valence-corrected chi connectivity index (χ1v) is 11.1. The predicted molar refractivity (Wildman–Crippen MR) is 117 cm³/mol. The highest BCUT2D eigenvalue weighted by Gasteiger charge is 2.36. The molecule has 5 nitrogen and oxygen atoms in total. The lowest BCUT2D eigenvalue weighted by Gasteiger charge is -2.33. The van der Waals surface area contributed by atoms with Crippen molar-refractivity contribution >= 4 is 23.6 Å². The second kappa shape index (κ2) is 8.05. The molecule has 3 aliphatic rings. The zero-order chi connectivity index (χ0) is 20.7. The molecule has 156 valence electrons. The lowest BCUT2D eigenvalue weighted by Crippen LogP contribution is -2.45. The van der Waals surface area contributed by atoms with Gasteiger partial charge >= 0.3 is 0 Å². The van der Waals surface area contributed by atoms with Gasteiger partial charge in [0.1, 0.15) is 5.75 Å². The number of aliphatic hydroxyl groups is 1. The van der Waals surface area contributed by atoms with Crippen LogP contribution in [0.2, 0.25) is 5.02 Å². The van der Waals surface area contributed by atoms with Crippen molar-refractivity contribution < 1.29 is 14.6 Å². The van der Waals surface area contributed by atoms with Gasteiger partial charge in [0.05, 0.1) is 5.69 Å². The number of carbonyl (C=O) groups is 1. The number of carbonyl (C=O) groups excluding carboxylic acids is 1. The van der Waals surface area contributed by atoms with Crippen molar-refractivity contribution in [1.82, 2.24) is 9.88 Å². The number of halogens is 1. The molecule has 3 heterocycles. The number of likely N-dealkylation sites (tertiary alicyclic amines) is 1. The van der Waals surface area contributed by atoms with Gasteiger partial charge in [-0.2, -0.15) is 0 Å². The highest BCUT2D eigenvalue weighted by atomic mass is 35.5. The number of benzene rings is 1. The average molecular weight is 425 g/mol. The minimum absolute atomic E-state index is 0.0515. The number of pyridine rings is 1. The molecule has 0 spiro atoms. The highest BCUT2D eigenvalue weighted by Crippen LogP contribution is 2.43. The number of fused-ring (bicyclic) bond motifs is 2. The second-order valence-electron chi connectivity index (χ2n) is 8.36. The summed E-state index contributed by atoms with van der Waals surface area (Å²) in [6, 6.07) is 5.83. The van der Waals surface area contributed by atoms with E-state index in [-0.39, 0.29) is 12.5 Å². The van der Waals surface area contributed by atoms with Crippen molar-refractivity contribution in [3.05, 3.63) is 52.3 Å². The zero-order valence-electron chi connectivity index (χ0n) is 16.8. The SMILES string of the molecule is O=C(C1Cc2cc(Cl)cc(-c3ccnc4c3C=CC4)c2O1)N1CCC(CCO)CC1. The monoisotopic (exact) mass is 424 g/mol. The molecule has 1 aromatic heterocycles. The normalized spacial score (nSPS) is 20.2. The van der Waals surface area contributed by atoms with Crippen LogP contribution in [0.1, 0.15) is 36.1 Å². The Morgan fingerprint density at radius 3 is 2.90 bits per heavy atom. The van der Waals surface area contributed by atoms with E-state index in [1.807, 2.05) is 29.3 Å². The number of piperidine rings is 1. The smallest absolute Gasteiger partial charge is 0.263 e. The molecule has 1 saturated heterocycles. The topological polar surface area (TPSA) is 62.7 Å². The molecule has 1 N–H and O–H groups in total. The molecule has 1 unspecified atom stereocenters. The van der Waals surface area contributed by atoms with Crippen molar-refractivity contribution in [1.29, 1.82) is 0 Å². The summed E-state index contributed by atoms with van der Waals surface area (Å²) in [4.78, 5) is 19.5. The number of aromatic nitrogens is 1. The van der Waals surface area contributed by atoms with Gasteiger partial charge in [-0.05, 0) is 48.9 Å². The number of hydrogen-bond donors (Lipinski definition) is 1. The van der Waals surface area contributed by atoms with E-state index >= 15 is 0 Å². The minimum atomic E-state index is -0.503. The van der Waals surface area contributed by atoms with E-state index in [2.05, 4.69) is 17.1 Å². The van der Waals surface area contributed by atoms with Gasteiger partial charge in [0.15, 0.2) is 6.10 Å². The van der Waals surface area contributed by atoms with Gasteiger partial charge in [-0.25, -0.2) is 0 Å². The fourth-order valence-corrected chi connectivity index (χ4v) is 5.12. The molecule has 1 aromatic carbocycles. The summed E-state index contributed by atoms with van der Waals surface area (Å²) in [5, 5.41) is 9.80. The van der Waals surface area contributed by atoms with Gasteiger partial charge in [0.25, 0.3) is 5.91 Å². The standard InChI is InChI=1S/C24H25ClN2O3/c25-17-12-16-13-22(24(29)27-9-5-15(6-10-27)7-11-28)30-23(16)20(14-17)18-4-8-26-21-3-1-2-19(18)21/h1-2,4,8,12,14-15,22,28H,3,5-7,9-11,13H2. The van der Waals surface area contributed by atoms with E-state index in [1.54, 1.807) is 0 Å². The molecular formula is C24H25ClN2O3. The van der Waals surface area contributed by atoms with Gasteiger partial charge < -0.3 is 14.7 Å². The Hall–Kier alpha value is -2.37. The third kappa shape index (κ3) is 3.50. The van der Waals surface area contributed by atoms with E-state index in [9.17, 15) is 4.79 Å². The lowest BCUT2D eigenvalue weighted by molar-refractivity contribution is -0.139. The maximum Gasteiger partial charge on any atom is 0.263 e. The Morgan fingerprint density at radius 1 is 1.27 bits per heavy atom. The molecule has 1 fully saturated rings. The second-order valence-corrected chi connectivity index (χ2v) is 8.79. The third-order valence-corrected chi connectivity index (χ3v) is 6.71. The quantitative estimate of drug-likeness (QED) is 0.808. The maximum absolute atomic E-state index is 13.2. The molecule has 30 heavy (non-hydrogen) atoms. The van der Waals surface area contributed by atoms with Crippen LogP contribution in [0.25, 0.3) is 17.2 Å². The number of allylic oxidation sites excluding steroid dienone is 1. The van der Waals surface area contributed by atoms with Crippen molar-refractivity contribution in [2.75, 3.05) is 19.7 Å². The number of ether oxygens (including phenoxy) is 1. The van der Waals surface area contributed by atoms with Gasteiger partial charge in [-0.3, -0.25) is 9.78 Å². The lowest BCUT2D eigenvalue weighted by atomic mass is 9.93. The van der Waals surface area contributed by atoms with E-state index in [1.165, 1.54) is 0 Å². The average Bonchev–Trinajstić information content (AvgIpc) is 3.40. The first-order chi connectivity index (χ1) is 14.6. The zero-order valence-corrected chi connectivity index (χ0v) is 17.6. The molecule has 1 atom stereocenters. The molecule has 0 saturated carbocycles. The molecule has 5 rings (SSSR count). The van der Waals surface area contributed by atoms with Crippen LogP contribution in [-0.2, 0) is 17.6 Å². The summed E-state index contributed by atoms with van der Waals surface area (Å²) >= 11 is 6.45. The molecule has 2 aromatic rings. The van der Waals surface area contributed by atoms with Crippen LogP contribution in [0.5, 0.6) is 5.75 Å². The summed E-state index contributed by atoms with van der Waals surface area (Å²) < 4.78 is 6.26. The fourth-order valence-electron chi connectivity index (χ4n) is 4.88. The van der Waals surface area contributed by atoms with Gasteiger partial charge in [0, 0.05) is 60.4 Å². The Balaban J connectivity index is 1.39. The molecule has 1 amide bonds. The van der Waals surface area contributed by atoms with Crippen molar-refractivity contribution in [3.8, 4) is 16.9 Å². The molecule has 0 radical (unpaired) electrons. The third-order valence-electron chi connectivity index (χ3n) is 6.49. The Morgan fingerprint density at radius 2 is 2.10 bits per heavy atom. The van der Waals surface area contributed by atoms with Crippen molar-refractivity contribution in [3.63, 3.8) is 0 Å². The molecule has 0 bridgehead atoms. The van der Waals surface area contributed by atoms with E-state index in [0.717, 1.165) is 72.5 Å². The first-order valence-electron chi connectivity index (χ1n) is 10.7. The molecular weight excluding hydrogens is 400 g/mol. The van der Waals surface area contributed by atoms with Crippen LogP contribution in [0.3, 0.4) is 0 Å². The van der Waals surface area contributed by atoms with Gasteiger partial charge in [-0.1, -0.05) is 23.8 Å². The molecule has 2 aliphatic heterocycles. The summed E-state index contributed by atoms with van der Waals surface area (Å²) in [5.74, 6) is 1.32. The predicted octanol–water partition coefficient (Wildman–Crippen LogP) is 3.90. The Kier molecular flexibility index (Phi) is 5.25. The van der Waals surface area contributed by atoms with E-state index in [4.69, 9.17) is 21.4 Å². The number of hydrogen-bond acceptors (Lipinski definition) is 4. The number of rotatable bonds is 4. The van der Waals surface area contributed by atoms with Gasteiger partial charge in [-0.15, -0.1) is 0 Å². The largest absolute Gasteiger partial charge is 0.479 e. The summed E-state index contributed by atoms with van der Waals surface area (Å²) in [7, 11) is 0. The number of aliphatic hydroxyl groups excluding tert-OH is 1. The summed E-state index contributed by atoms with van der Waals surface area (Å²) in [5.41, 5.74) is 5.12. The van der Waals surface area contributed by atoms with E-state index < -0.39 is 6.10 Å². The number of nitrogens with zero attached hydrogens (tertiary/aromatic N) is 2. The van der Waals surface area contributed by atoms with Crippen LogP contribution in [0.4, 0.5) is 0 Å². The van der Waals surface area contributed by atoms with Crippen LogP contribution in [0.15, 0.2) is 30.5 Å². The highest BCUT2D eigenvalue weighted by molar-refractivity contribution is 6.31. The fraction of sp³-hybridized carbons (Fsp3) is 0.417. The van der Waals surface area contributed by atoms with Crippen molar-refractivity contribution in [2.24, 2.45) is 5.92 Å². The first kappa shape index (κ1) is 19.6. The van der Waals surface area contributed by atoms with Crippen molar-refractivity contribution in [2.45, 2.75) is 38.2 Å². The maximum atomic E-state index is 13.2. The van der Waals surface area contributed by atoms with Crippen LogP contribution in [0, 0.1) is 5.92 Å². The van der Waals surface area contributed by atoms with Crippen LogP contribution < -0.4 is 4.74 Å². The minimum Gasteiger partial charge on any atom is -0.479 e. The van der Waals surface area contributed by atoms with Gasteiger partial charge in [0.2, 0.25) is 0 Å².